The average Bonchev–Trinajstić information content (AvgIpc) is 2.75. The first-order valence-corrected chi connectivity index (χ1v) is 9.65. The molecule has 1 fully saturated rings. The van der Waals surface area contributed by atoms with Gasteiger partial charge in [0, 0.05) is 13.1 Å². The molecule has 1 saturated heterocycles. The monoisotopic (exact) mass is 400 g/mol. The van der Waals surface area contributed by atoms with Crippen LogP contribution in [0, 0.1) is 11.7 Å². The molecule has 1 heterocycles. The molecule has 154 valence electrons. The number of likely N-dealkylation sites (tertiary alicyclic amines) is 1. The maximum Gasteiger partial charge on any atom is 0.308 e. The largest absolute Gasteiger partial charge is 0.469 e. The Morgan fingerprint density at radius 2 is 1.76 bits per heavy atom. The van der Waals surface area contributed by atoms with Gasteiger partial charge in [-0.15, -0.1) is 0 Å². The van der Waals surface area contributed by atoms with Crippen molar-refractivity contribution in [3.8, 4) is 11.5 Å². The molecule has 2 aromatic carbocycles. The van der Waals surface area contributed by atoms with E-state index < -0.39 is 11.7 Å². The summed E-state index contributed by atoms with van der Waals surface area (Å²) in [6.07, 6.45) is 1.79. The van der Waals surface area contributed by atoms with Crippen molar-refractivity contribution in [2.75, 3.05) is 26.7 Å². The number of benzene rings is 2. The summed E-state index contributed by atoms with van der Waals surface area (Å²) in [6.45, 7) is 1.33. The number of esters is 1. The fraction of sp³-hybridized carbons (Fsp3) is 0.364. The van der Waals surface area contributed by atoms with Gasteiger partial charge in [0.2, 0.25) is 0 Å². The quantitative estimate of drug-likeness (QED) is 0.754. The van der Waals surface area contributed by atoms with Crippen LogP contribution in [0.15, 0.2) is 42.5 Å². The Hall–Kier alpha value is -2.93. The van der Waals surface area contributed by atoms with E-state index in [-0.39, 0.29) is 17.5 Å². The molecule has 1 aliphatic heterocycles. The van der Waals surface area contributed by atoms with Crippen LogP contribution < -0.4 is 10.5 Å². The van der Waals surface area contributed by atoms with Crippen LogP contribution in [-0.2, 0) is 16.0 Å². The van der Waals surface area contributed by atoms with E-state index in [1.807, 2.05) is 24.3 Å². The molecule has 0 saturated carbocycles. The topological polar surface area (TPSA) is 81.9 Å². The number of carbonyl (C=O) groups excluding carboxylic acids is 2. The van der Waals surface area contributed by atoms with Gasteiger partial charge in [-0.3, -0.25) is 9.59 Å². The van der Waals surface area contributed by atoms with Gasteiger partial charge >= 0.3 is 5.97 Å². The molecule has 3 rings (SSSR count). The third kappa shape index (κ3) is 5.12. The first-order valence-electron chi connectivity index (χ1n) is 9.65. The molecule has 2 aromatic rings. The van der Waals surface area contributed by atoms with E-state index >= 15 is 0 Å². The first kappa shape index (κ1) is 20.8. The molecule has 1 amide bonds. The highest BCUT2D eigenvalue weighted by atomic mass is 19.1. The molecule has 0 atom stereocenters. The lowest BCUT2D eigenvalue weighted by atomic mass is 9.96. The summed E-state index contributed by atoms with van der Waals surface area (Å²) in [5.41, 5.74) is 6.61. The van der Waals surface area contributed by atoms with Gasteiger partial charge in [-0.1, -0.05) is 12.1 Å². The van der Waals surface area contributed by atoms with E-state index in [9.17, 15) is 14.0 Å². The SMILES string of the molecule is COC(=O)C1CCN(C(=O)c2cc(Oc3ccc(CCN)cc3)ccc2F)CC1. The number of hydrogen-bond acceptors (Lipinski definition) is 5. The number of amides is 1. The number of hydrogen-bond donors (Lipinski definition) is 1. The molecule has 0 radical (unpaired) electrons. The van der Waals surface area contributed by atoms with E-state index in [1.165, 1.54) is 25.3 Å². The molecule has 0 bridgehead atoms. The van der Waals surface area contributed by atoms with Crippen molar-refractivity contribution < 1.29 is 23.5 Å². The standard InChI is InChI=1S/C22H25FN2O4/c1-28-22(27)16-9-12-25(13-10-16)21(26)19-14-18(6-7-20(19)23)29-17-4-2-15(3-5-17)8-11-24/h2-7,14,16H,8-13,24H2,1H3. The summed E-state index contributed by atoms with van der Waals surface area (Å²) >= 11 is 0. The Bertz CT molecular complexity index is 862. The number of carbonyl (C=O) groups is 2. The van der Waals surface area contributed by atoms with Crippen LogP contribution in [0.4, 0.5) is 4.39 Å². The van der Waals surface area contributed by atoms with Gasteiger partial charge in [-0.25, -0.2) is 4.39 Å². The van der Waals surface area contributed by atoms with Crippen molar-refractivity contribution in [1.29, 1.82) is 0 Å². The second-order valence-electron chi connectivity index (χ2n) is 7.02. The molecular weight excluding hydrogens is 375 g/mol. The number of methoxy groups -OCH3 is 1. The normalized spacial score (nSPS) is 14.5. The molecule has 0 aromatic heterocycles. The summed E-state index contributed by atoms with van der Waals surface area (Å²) in [6, 6.07) is 11.6. The van der Waals surface area contributed by atoms with E-state index in [4.69, 9.17) is 15.2 Å². The molecule has 1 aliphatic rings. The number of rotatable bonds is 6. The van der Waals surface area contributed by atoms with Crippen molar-refractivity contribution in [3.63, 3.8) is 0 Å². The third-order valence-electron chi connectivity index (χ3n) is 5.08. The number of halogens is 1. The van der Waals surface area contributed by atoms with Crippen molar-refractivity contribution in [2.24, 2.45) is 11.7 Å². The average molecular weight is 400 g/mol. The van der Waals surface area contributed by atoms with Gasteiger partial charge in [0.15, 0.2) is 0 Å². The second-order valence-corrected chi connectivity index (χ2v) is 7.02. The maximum atomic E-state index is 14.3. The summed E-state index contributed by atoms with van der Waals surface area (Å²) in [5, 5.41) is 0. The van der Waals surface area contributed by atoms with Gasteiger partial charge in [0.1, 0.15) is 17.3 Å². The van der Waals surface area contributed by atoms with Crippen molar-refractivity contribution in [2.45, 2.75) is 19.3 Å². The van der Waals surface area contributed by atoms with Crippen LogP contribution in [0.1, 0.15) is 28.8 Å². The Labute approximate surface area is 169 Å². The number of nitrogens with zero attached hydrogens (tertiary/aromatic N) is 1. The van der Waals surface area contributed by atoms with Gasteiger partial charge in [-0.2, -0.15) is 0 Å². The van der Waals surface area contributed by atoms with Crippen molar-refractivity contribution >= 4 is 11.9 Å². The highest BCUT2D eigenvalue weighted by Gasteiger charge is 2.29. The fourth-order valence-corrected chi connectivity index (χ4v) is 3.41. The van der Waals surface area contributed by atoms with Gasteiger partial charge in [0.05, 0.1) is 18.6 Å². The zero-order valence-corrected chi connectivity index (χ0v) is 16.4. The lowest BCUT2D eigenvalue weighted by Gasteiger charge is -2.30. The Balaban J connectivity index is 1.68. The summed E-state index contributed by atoms with van der Waals surface area (Å²) < 4.78 is 24.9. The molecule has 7 heteroatoms. The minimum atomic E-state index is -0.601. The molecule has 0 aliphatic carbocycles. The predicted molar refractivity (Wildman–Crippen MR) is 106 cm³/mol. The zero-order chi connectivity index (χ0) is 20.8. The van der Waals surface area contributed by atoms with E-state index in [1.54, 1.807) is 4.90 Å². The minimum absolute atomic E-state index is 0.0428. The van der Waals surface area contributed by atoms with E-state index in [0.29, 0.717) is 44.0 Å². The highest BCUT2D eigenvalue weighted by molar-refractivity contribution is 5.95. The summed E-state index contributed by atoms with van der Waals surface area (Å²) in [4.78, 5) is 26.0. The van der Waals surface area contributed by atoms with E-state index in [2.05, 4.69) is 0 Å². The second kappa shape index (κ2) is 9.52. The molecule has 29 heavy (non-hydrogen) atoms. The molecule has 0 unspecified atom stereocenters. The van der Waals surface area contributed by atoms with Gasteiger partial charge < -0.3 is 20.1 Å². The van der Waals surface area contributed by atoms with Crippen LogP contribution in [0.5, 0.6) is 11.5 Å². The minimum Gasteiger partial charge on any atom is -0.469 e. The molecule has 0 spiro atoms. The molecule has 6 nitrogen and oxygen atoms in total. The number of ether oxygens (including phenoxy) is 2. The van der Waals surface area contributed by atoms with Crippen LogP contribution in [0.2, 0.25) is 0 Å². The fourth-order valence-electron chi connectivity index (χ4n) is 3.41. The van der Waals surface area contributed by atoms with Crippen LogP contribution in [-0.4, -0.2) is 43.5 Å². The lowest BCUT2D eigenvalue weighted by molar-refractivity contribution is -0.146. The lowest BCUT2D eigenvalue weighted by Crippen LogP contribution is -2.40. The third-order valence-corrected chi connectivity index (χ3v) is 5.08. The van der Waals surface area contributed by atoms with Crippen LogP contribution in [0.25, 0.3) is 0 Å². The van der Waals surface area contributed by atoms with Gasteiger partial charge in [-0.05, 0) is 61.7 Å². The Morgan fingerprint density at radius 3 is 2.38 bits per heavy atom. The molecule has 2 N–H and O–H groups in total. The van der Waals surface area contributed by atoms with E-state index in [0.717, 1.165) is 12.0 Å². The zero-order valence-electron chi connectivity index (χ0n) is 16.4. The first-order chi connectivity index (χ1) is 14.0. The van der Waals surface area contributed by atoms with Gasteiger partial charge in [0.25, 0.3) is 5.91 Å². The predicted octanol–water partition coefficient (Wildman–Crippen LogP) is 3.14. The van der Waals surface area contributed by atoms with Crippen LogP contribution >= 0.6 is 0 Å². The Morgan fingerprint density at radius 1 is 1.10 bits per heavy atom. The number of piperidine rings is 1. The smallest absolute Gasteiger partial charge is 0.308 e. The van der Waals surface area contributed by atoms with Crippen LogP contribution in [0.3, 0.4) is 0 Å². The summed E-state index contributed by atoms with van der Waals surface area (Å²) in [5.74, 6) is -0.521. The summed E-state index contributed by atoms with van der Waals surface area (Å²) in [7, 11) is 1.35. The van der Waals surface area contributed by atoms with Crippen molar-refractivity contribution in [3.05, 3.63) is 59.4 Å². The van der Waals surface area contributed by atoms with Crippen molar-refractivity contribution in [1.82, 2.24) is 4.90 Å². The Kier molecular flexibility index (Phi) is 6.82. The number of nitrogens with two attached hydrogens (primary N) is 1. The highest BCUT2D eigenvalue weighted by Crippen LogP contribution is 2.26. The maximum absolute atomic E-state index is 14.3. The molecular formula is C22H25FN2O4.